The van der Waals surface area contributed by atoms with E-state index in [2.05, 4.69) is 24.3 Å². The van der Waals surface area contributed by atoms with Gasteiger partial charge >= 0.3 is 0 Å². The molecule has 2 heteroatoms. The van der Waals surface area contributed by atoms with Crippen molar-refractivity contribution in [2.24, 2.45) is 5.92 Å². The normalized spacial score (nSPS) is 25.4. The van der Waals surface area contributed by atoms with Crippen LogP contribution in [0.5, 0.6) is 5.75 Å². The largest absolute Gasteiger partial charge is 0.490 e. The molecule has 0 radical (unpaired) electrons. The summed E-state index contributed by atoms with van der Waals surface area (Å²) in [6.07, 6.45) is 4.02. The van der Waals surface area contributed by atoms with Crippen LogP contribution in [0.3, 0.4) is 0 Å². The molecule has 0 bridgehead atoms. The van der Waals surface area contributed by atoms with Gasteiger partial charge in [-0.3, -0.25) is 0 Å². The molecule has 0 saturated heterocycles. The molecule has 4 rings (SSSR count). The van der Waals surface area contributed by atoms with Crippen LogP contribution >= 0.6 is 0 Å². The highest BCUT2D eigenvalue weighted by molar-refractivity contribution is 5.45. The minimum atomic E-state index is 0.402. The first-order valence-corrected chi connectivity index (χ1v) is 6.21. The zero-order chi connectivity index (χ0) is 11.2. The Bertz CT molecular complexity index is 556. The first kappa shape index (κ1) is 9.34. The third-order valence-corrected chi connectivity index (χ3v) is 4.03. The van der Waals surface area contributed by atoms with Crippen molar-refractivity contribution in [3.05, 3.63) is 53.5 Å². The quantitative estimate of drug-likeness (QED) is 0.687. The van der Waals surface area contributed by atoms with Gasteiger partial charge in [-0.15, -0.1) is 0 Å². The highest BCUT2D eigenvalue weighted by Gasteiger charge is 2.38. The van der Waals surface area contributed by atoms with Crippen LogP contribution in [-0.4, -0.2) is 6.61 Å². The summed E-state index contributed by atoms with van der Waals surface area (Å²) in [6.45, 7) is 0.807. The van der Waals surface area contributed by atoms with Crippen molar-refractivity contribution >= 4 is 0 Å². The predicted octanol–water partition coefficient (Wildman–Crippen LogP) is 3.37. The van der Waals surface area contributed by atoms with E-state index in [-0.39, 0.29) is 0 Å². The van der Waals surface area contributed by atoms with E-state index in [1.54, 1.807) is 6.26 Å². The van der Waals surface area contributed by atoms with E-state index in [9.17, 15) is 0 Å². The summed E-state index contributed by atoms with van der Waals surface area (Å²) < 4.78 is 11.4. The highest BCUT2D eigenvalue weighted by atomic mass is 16.5. The molecule has 1 aliphatic heterocycles. The Kier molecular flexibility index (Phi) is 1.87. The van der Waals surface area contributed by atoms with Crippen LogP contribution in [0.1, 0.15) is 29.2 Å². The summed E-state index contributed by atoms with van der Waals surface area (Å²) in [7, 11) is 0. The summed E-state index contributed by atoms with van der Waals surface area (Å²) >= 11 is 0. The van der Waals surface area contributed by atoms with Gasteiger partial charge in [0.15, 0.2) is 11.5 Å². The highest BCUT2D eigenvalue weighted by Crippen LogP contribution is 2.48. The number of fused-ring (bicyclic) bond motifs is 5. The first-order valence-electron chi connectivity index (χ1n) is 6.21. The van der Waals surface area contributed by atoms with Gasteiger partial charge in [0.05, 0.1) is 12.9 Å². The predicted molar refractivity (Wildman–Crippen MR) is 64.3 cm³/mol. The molecule has 2 aliphatic rings. The van der Waals surface area contributed by atoms with Crippen molar-refractivity contribution in [1.29, 1.82) is 0 Å². The number of hydrogen-bond donors (Lipinski definition) is 0. The van der Waals surface area contributed by atoms with Crippen molar-refractivity contribution < 1.29 is 9.15 Å². The molecule has 2 unspecified atom stereocenters. The fourth-order valence-electron chi connectivity index (χ4n) is 3.28. The van der Waals surface area contributed by atoms with Crippen LogP contribution in [0, 0.1) is 5.92 Å². The smallest absolute Gasteiger partial charge is 0.161 e. The minimum Gasteiger partial charge on any atom is -0.490 e. The van der Waals surface area contributed by atoms with Crippen molar-refractivity contribution in [2.45, 2.75) is 18.8 Å². The second-order valence-corrected chi connectivity index (χ2v) is 4.93. The average molecular weight is 226 g/mol. The lowest BCUT2D eigenvalue weighted by molar-refractivity contribution is 0.294. The monoisotopic (exact) mass is 226 g/mol. The standard InChI is InChI=1S/C15H14O2/c1-2-4-12-10(3-1)9-11-5-7-16-13-6-8-17-15(13)14(11)12/h1-4,6,8,11,14H,5,7,9H2. The molecule has 86 valence electrons. The van der Waals surface area contributed by atoms with E-state index in [1.165, 1.54) is 11.1 Å². The van der Waals surface area contributed by atoms with Gasteiger partial charge in [-0.1, -0.05) is 24.3 Å². The van der Waals surface area contributed by atoms with Gasteiger partial charge in [-0.25, -0.2) is 0 Å². The maximum absolute atomic E-state index is 5.75. The third-order valence-electron chi connectivity index (χ3n) is 4.03. The summed E-state index contributed by atoms with van der Waals surface area (Å²) in [6, 6.07) is 10.7. The number of rotatable bonds is 0. The Hall–Kier alpha value is -1.70. The molecule has 0 saturated carbocycles. The molecule has 0 fully saturated rings. The molecule has 0 N–H and O–H groups in total. The van der Waals surface area contributed by atoms with E-state index < -0.39 is 0 Å². The second-order valence-electron chi connectivity index (χ2n) is 4.93. The zero-order valence-electron chi connectivity index (χ0n) is 9.56. The first-order chi connectivity index (χ1) is 8.43. The number of ether oxygens (including phenoxy) is 1. The van der Waals surface area contributed by atoms with E-state index in [0.717, 1.165) is 31.0 Å². The minimum absolute atomic E-state index is 0.402. The summed E-state index contributed by atoms with van der Waals surface area (Å²) in [5.41, 5.74) is 2.91. The van der Waals surface area contributed by atoms with E-state index in [4.69, 9.17) is 9.15 Å². The lowest BCUT2D eigenvalue weighted by Crippen LogP contribution is -2.08. The van der Waals surface area contributed by atoms with Crippen LogP contribution in [0.2, 0.25) is 0 Å². The molecule has 0 amide bonds. The molecule has 2 aromatic rings. The molecule has 1 aromatic carbocycles. The topological polar surface area (TPSA) is 22.4 Å². The molecule has 17 heavy (non-hydrogen) atoms. The maximum Gasteiger partial charge on any atom is 0.161 e. The van der Waals surface area contributed by atoms with Gasteiger partial charge in [0.2, 0.25) is 0 Å². The Balaban J connectivity index is 1.91. The zero-order valence-corrected chi connectivity index (χ0v) is 9.56. The average Bonchev–Trinajstić information content (AvgIpc) is 2.90. The Labute approximate surface area is 100 Å². The van der Waals surface area contributed by atoms with Gasteiger partial charge in [0, 0.05) is 12.0 Å². The van der Waals surface area contributed by atoms with E-state index in [0.29, 0.717) is 11.8 Å². The number of furan rings is 1. The van der Waals surface area contributed by atoms with Crippen LogP contribution in [0.4, 0.5) is 0 Å². The van der Waals surface area contributed by atoms with Crippen molar-refractivity contribution in [3.8, 4) is 5.75 Å². The third kappa shape index (κ3) is 1.27. The Morgan fingerprint density at radius 1 is 1.12 bits per heavy atom. The van der Waals surface area contributed by atoms with Gasteiger partial charge in [0.25, 0.3) is 0 Å². The van der Waals surface area contributed by atoms with Gasteiger partial charge in [-0.05, 0) is 29.9 Å². The fourth-order valence-corrected chi connectivity index (χ4v) is 3.28. The van der Waals surface area contributed by atoms with Crippen molar-refractivity contribution in [1.82, 2.24) is 0 Å². The Morgan fingerprint density at radius 3 is 3.06 bits per heavy atom. The molecule has 1 aliphatic carbocycles. The van der Waals surface area contributed by atoms with Crippen LogP contribution in [0.15, 0.2) is 41.0 Å². The summed E-state index contributed by atoms with van der Waals surface area (Å²) in [5.74, 6) is 3.00. The molecule has 2 heterocycles. The van der Waals surface area contributed by atoms with E-state index >= 15 is 0 Å². The summed E-state index contributed by atoms with van der Waals surface area (Å²) in [5, 5.41) is 0. The maximum atomic E-state index is 5.75. The number of benzene rings is 1. The van der Waals surface area contributed by atoms with Crippen LogP contribution < -0.4 is 4.74 Å². The fraction of sp³-hybridized carbons (Fsp3) is 0.333. The van der Waals surface area contributed by atoms with E-state index in [1.807, 2.05) is 6.07 Å². The van der Waals surface area contributed by atoms with Gasteiger partial charge < -0.3 is 9.15 Å². The second kappa shape index (κ2) is 3.39. The van der Waals surface area contributed by atoms with Crippen molar-refractivity contribution in [2.75, 3.05) is 6.61 Å². The molecule has 2 atom stereocenters. The van der Waals surface area contributed by atoms with Crippen molar-refractivity contribution in [3.63, 3.8) is 0 Å². The lowest BCUT2D eigenvalue weighted by Gasteiger charge is -2.14. The molecular weight excluding hydrogens is 212 g/mol. The van der Waals surface area contributed by atoms with Crippen LogP contribution in [-0.2, 0) is 6.42 Å². The van der Waals surface area contributed by atoms with Crippen LogP contribution in [0.25, 0.3) is 0 Å². The molecular formula is C15H14O2. The molecule has 0 spiro atoms. The SMILES string of the molecule is c1ccc2c(c1)CC1CCOc3ccoc3C21. The number of hydrogen-bond acceptors (Lipinski definition) is 2. The summed E-state index contributed by atoms with van der Waals surface area (Å²) in [4.78, 5) is 0. The van der Waals surface area contributed by atoms with Gasteiger partial charge in [0.1, 0.15) is 0 Å². The lowest BCUT2D eigenvalue weighted by atomic mass is 9.88. The van der Waals surface area contributed by atoms with Gasteiger partial charge in [-0.2, -0.15) is 0 Å². The Morgan fingerprint density at radius 2 is 2.06 bits per heavy atom. The molecule has 2 nitrogen and oxygen atoms in total. The molecule has 1 aromatic heterocycles.